The van der Waals surface area contributed by atoms with Crippen LogP contribution in [0.3, 0.4) is 0 Å². The summed E-state index contributed by atoms with van der Waals surface area (Å²) >= 11 is 0. The Morgan fingerprint density at radius 1 is 1.31 bits per heavy atom. The van der Waals surface area contributed by atoms with Crippen molar-refractivity contribution in [3.8, 4) is 0 Å². The number of ether oxygens (including phenoxy) is 1. The first kappa shape index (κ1) is 15.1. The lowest BCUT2D eigenvalue weighted by Crippen LogP contribution is -2.37. The van der Waals surface area contributed by atoms with Crippen molar-refractivity contribution in [2.75, 3.05) is 13.7 Å². The predicted molar refractivity (Wildman–Crippen MR) is 54.1 cm³/mol. The first-order valence-corrected chi connectivity index (χ1v) is 5.09. The van der Waals surface area contributed by atoms with E-state index in [0.717, 1.165) is 6.42 Å². The van der Waals surface area contributed by atoms with Crippen LogP contribution < -0.4 is 0 Å². The van der Waals surface area contributed by atoms with Crippen molar-refractivity contribution in [3.05, 3.63) is 0 Å². The number of carbonyl (C=O) groups excluding carboxylic acids is 1. The summed E-state index contributed by atoms with van der Waals surface area (Å²) in [5, 5.41) is 0. The Balaban J connectivity index is 4.08. The van der Waals surface area contributed by atoms with Gasteiger partial charge in [-0.2, -0.15) is 13.2 Å². The first-order chi connectivity index (χ1) is 7.13. The molecule has 0 aliphatic heterocycles. The van der Waals surface area contributed by atoms with Gasteiger partial charge in [-0.15, -0.1) is 0 Å². The molecule has 0 fully saturated rings. The fraction of sp³-hybridized carbons (Fsp3) is 0.900. The molecular weight excluding hydrogens is 223 g/mol. The predicted octanol–water partition coefficient (Wildman–Crippen LogP) is 3.05. The lowest BCUT2D eigenvalue weighted by Gasteiger charge is -2.25. The number of hydrogen-bond acceptors (Lipinski definition) is 2. The van der Waals surface area contributed by atoms with Crippen LogP contribution in [-0.2, 0) is 4.74 Å². The summed E-state index contributed by atoms with van der Waals surface area (Å²) < 4.78 is 39.5. The van der Waals surface area contributed by atoms with Crippen molar-refractivity contribution in [1.82, 2.24) is 4.90 Å². The van der Waals surface area contributed by atoms with E-state index in [1.54, 1.807) is 6.92 Å². The zero-order chi connectivity index (χ0) is 12.9. The molecule has 0 aliphatic carbocycles. The van der Waals surface area contributed by atoms with Crippen LogP contribution in [0.4, 0.5) is 18.0 Å². The highest BCUT2D eigenvalue weighted by Gasteiger charge is 2.30. The van der Waals surface area contributed by atoms with Gasteiger partial charge in [-0.1, -0.05) is 13.8 Å². The summed E-state index contributed by atoms with van der Waals surface area (Å²) in [4.78, 5) is 12.4. The lowest BCUT2D eigenvalue weighted by molar-refractivity contribution is -0.162. The molecule has 96 valence electrons. The van der Waals surface area contributed by atoms with Crippen LogP contribution in [0, 0.1) is 5.92 Å². The lowest BCUT2D eigenvalue weighted by atomic mass is 10.0. The zero-order valence-corrected chi connectivity index (χ0v) is 9.97. The van der Waals surface area contributed by atoms with Crippen molar-refractivity contribution in [1.29, 1.82) is 0 Å². The second kappa shape index (κ2) is 5.96. The molecule has 6 heteroatoms. The number of rotatable bonds is 4. The van der Waals surface area contributed by atoms with E-state index in [9.17, 15) is 18.0 Å². The first-order valence-electron chi connectivity index (χ1n) is 5.09. The molecule has 0 bridgehead atoms. The highest BCUT2D eigenvalue weighted by atomic mass is 19.4. The molecule has 0 saturated carbocycles. The Hall–Kier alpha value is -0.940. The van der Waals surface area contributed by atoms with Crippen LogP contribution in [-0.4, -0.2) is 36.9 Å². The Kier molecular flexibility index (Phi) is 5.61. The maximum Gasteiger partial charge on any atom is 0.422 e. The molecule has 0 radical (unpaired) electrons. The van der Waals surface area contributed by atoms with Gasteiger partial charge in [0, 0.05) is 13.1 Å². The molecule has 1 atom stereocenters. The average molecular weight is 241 g/mol. The van der Waals surface area contributed by atoms with E-state index in [0.29, 0.717) is 5.92 Å². The number of amides is 1. The Labute approximate surface area is 93.6 Å². The summed E-state index contributed by atoms with van der Waals surface area (Å²) in [6, 6.07) is -0.138. The molecule has 0 N–H and O–H groups in total. The molecule has 0 rings (SSSR count). The van der Waals surface area contributed by atoms with Crippen molar-refractivity contribution in [2.45, 2.75) is 39.4 Å². The number of carbonyl (C=O) groups is 1. The monoisotopic (exact) mass is 241 g/mol. The van der Waals surface area contributed by atoms with Crippen molar-refractivity contribution in [2.24, 2.45) is 5.92 Å². The Morgan fingerprint density at radius 2 is 1.81 bits per heavy atom. The van der Waals surface area contributed by atoms with Crippen LogP contribution in [0.15, 0.2) is 0 Å². The molecule has 0 aromatic heterocycles. The van der Waals surface area contributed by atoms with Gasteiger partial charge in [-0.25, -0.2) is 4.79 Å². The van der Waals surface area contributed by atoms with Gasteiger partial charge in [-0.3, -0.25) is 0 Å². The highest BCUT2D eigenvalue weighted by Crippen LogP contribution is 2.16. The maximum absolute atomic E-state index is 11.8. The fourth-order valence-electron chi connectivity index (χ4n) is 1.27. The molecule has 3 nitrogen and oxygen atoms in total. The third-order valence-corrected chi connectivity index (χ3v) is 2.12. The number of hydrogen-bond donors (Lipinski definition) is 0. The number of nitrogens with zero attached hydrogens (tertiary/aromatic N) is 1. The van der Waals surface area contributed by atoms with E-state index < -0.39 is 18.9 Å². The molecule has 0 aromatic rings. The molecule has 0 aromatic carbocycles. The summed E-state index contributed by atoms with van der Waals surface area (Å²) in [5.74, 6) is 0.368. The molecule has 16 heavy (non-hydrogen) atoms. The summed E-state index contributed by atoms with van der Waals surface area (Å²) in [5.41, 5.74) is 0. The van der Waals surface area contributed by atoms with Gasteiger partial charge in [0.2, 0.25) is 0 Å². The van der Waals surface area contributed by atoms with E-state index in [4.69, 9.17) is 0 Å². The van der Waals surface area contributed by atoms with E-state index in [2.05, 4.69) is 4.74 Å². The van der Waals surface area contributed by atoms with E-state index in [1.165, 1.54) is 11.9 Å². The van der Waals surface area contributed by atoms with E-state index >= 15 is 0 Å². The Morgan fingerprint density at radius 3 is 2.19 bits per heavy atom. The van der Waals surface area contributed by atoms with Gasteiger partial charge in [0.25, 0.3) is 0 Å². The van der Waals surface area contributed by atoms with Gasteiger partial charge >= 0.3 is 12.3 Å². The van der Waals surface area contributed by atoms with Gasteiger partial charge in [0.05, 0.1) is 0 Å². The maximum atomic E-state index is 11.8. The second-order valence-corrected chi connectivity index (χ2v) is 4.26. The van der Waals surface area contributed by atoms with Crippen LogP contribution in [0.5, 0.6) is 0 Å². The van der Waals surface area contributed by atoms with Crippen LogP contribution in [0.25, 0.3) is 0 Å². The minimum Gasteiger partial charge on any atom is -0.440 e. The van der Waals surface area contributed by atoms with Gasteiger partial charge in [0.15, 0.2) is 6.61 Å². The molecular formula is C10H18F3NO2. The third kappa shape index (κ3) is 6.53. The molecule has 0 spiro atoms. The fourth-order valence-corrected chi connectivity index (χ4v) is 1.27. The van der Waals surface area contributed by atoms with Crippen molar-refractivity contribution in [3.63, 3.8) is 0 Å². The second-order valence-electron chi connectivity index (χ2n) is 4.26. The molecule has 0 heterocycles. The summed E-state index contributed by atoms with van der Waals surface area (Å²) in [6.07, 6.45) is -4.69. The third-order valence-electron chi connectivity index (χ3n) is 2.12. The molecule has 0 saturated heterocycles. The molecule has 1 amide bonds. The SMILES string of the molecule is CC(C)CC(C)N(C)C(=O)OCC(F)(F)F. The minimum atomic E-state index is -4.47. The van der Waals surface area contributed by atoms with Gasteiger partial charge < -0.3 is 9.64 Å². The number of alkyl halides is 3. The summed E-state index contributed by atoms with van der Waals surface area (Å²) in [7, 11) is 1.44. The largest absolute Gasteiger partial charge is 0.440 e. The van der Waals surface area contributed by atoms with Crippen LogP contribution in [0.2, 0.25) is 0 Å². The van der Waals surface area contributed by atoms with Gasteiger partial charge in [-0.05, 0) is 19.3 Å². The molecule has 1 unspecified atom stereocenters. The molecule has 0 aliphatic rings. The number of halogens is 3. The van der Waals surface area contributed by atoms with Crippen LogP contribution >= 0.6 is 0 Å². The van der Waals surface area contributed by atoms with Crippen LogP contribution in [0.1, 0.15) is 27.2 Å². The average Bonchev–Trinajstić information content (AvgIpc) is 2.10. The smallest absolute Gasteiger partial charge is 0.422 e. The quantitative estimate of drug-likeness (QED) is 0.757. The van der Waals surface area contributed by atoms with Crippen molar-refractivity contribution < 1.29 is 22.7 Å². The highest BCUT2D eigenvalue weighted by molar-refractivity contribution is 5.67. The standard InChI is InChI=1S/C10H18F3NO2/c1-7(2)5-8(3)14(4)9(15)16-6-10(11,12)13/h7-8H,5-6H2,1-4H3. The van der Waals surface area contributed by atoms with E-state index in [1.807, 2.05) is 13.8 Å². The van der Waals surface area contributed by atoms with E-state index in [-0.39, 0.29) is 6.04 Å². The zero-order valence-electron chi connectivity index (χ0n) is 9.97. The summed E-state index contributed by atoms with van der Waals surface area (Å²) in [6.45, 7) is 4.19. The minimum absolute atomic E-state index is 0.138. The topological polar surface area (TPSA) is 29.5 Å². The van der Waals surface area contributed by atoms with Gasteiger partial charge in [0.1, 0.15) is 0 Å². The Bertz CT molecular complexity index is 229. The van der Waals surface area contributed by atoms with Crippen molar-refractivity contribution >= 4 is 6.09 Å². The normalized spacial score (nSPS) is 13.8.